The molecular formula is C15H18ClN3OS. The van der Waals surface area contributed by atoms with Gasteiger partial charge in [0.05, 0.1) is 10.4 Å². The number of piperazine rings is 1. The predicted molar refractivity (Wildman–Crippen MR) is 88.7 cm³/mol. The highest BCUT2D eigenvalue weighted by Gasteiger charge is 2.54. The molecule has 1 saturated heterocycles. The largest absolute Gasteiger partial charge is 0.392 e. The first-order valence-electron chi connectivity index (χ1n) is 7.13. The molecule has 2 aliphatic rings. The van der Waals surface area contributed by atoms with Gasteiger partial charge in [-0.3, -0.25) is 4.79 Å². The van der Waals surface area contributed by atoms with Gasteiger partial charge in [-0.05, 0) is 37.1 Å². The number of carbonyl (C=O) groups excluding carboxylic acids is 1. The SMILES string of the molecule is NC(=S)C1(C(=O)N2CCN(c3ccc(Cl)cc3)CC2)CC1. The van der Waals surface area contributed by atoms with Crippen LogP contribution in [-0.4, -0.2) is 42.0 Å². The maximum atomic E-state index is 12.5. The molecule has 4 nitrogen and oxygen atoms in total. The Kier molecular flexibility index (Phi) is 3.80. The first kappa shape index (κ1) is 14.6. The van der Waals surface area contributed by atoms with E-state index in [-0.39, 0.29) is 5.91 Å². The Morgan fingerprint density at radius 2 is 1.71 bits per heavy atom. The van der Waals surface area contributed by atoms with E-state index in [0.717, 1.165) is 36.6 Å². The molecule has 0 unspecified atom stereocenters. The maximum absolute atomic E-state index is 12.5. The normalized spacial score (nSPS) is 20.2. The lowest BCUT2D eigenvalue weighted by Gasteiger charge is -2.37. The Morgan fingerprint density at radius 1 is 1.14 bits per heavy atom. The summed E-state index contributed by atoms with van der Waals surface area (Å²) in [5, 5.41) is 0.736. The van der Waals surface area contributed by atoms with Crippen LogP contribution in [0.1, 0.15) is 12.8 Å². The number of hydrogen-bond acceptors (Lipinski definition) is 3. The lowest BCUT2D eigenvalue weighted by atomic mass is 10.0. The van der Waals surface area contributed by atoms with E-state index in [1.165, 1.54) is 0 Å². The van der Waals surface area contributed by atoms with Crippen molar-refractivity contribution >= 4 is 40.4 Å². The second-order valence-corrected chi connectivity index (χ2v) is 6.58. The second-order valence-electron chi connectivity index (χ2n) is 5.70. The third kappa shape index (κ3) is 2.72. The van der Waals surface area contributed by atoms with Crippen LogP contribution in [0.25, 0.3) is 0 Å². The van der Waals surface area contributed by atoms with Gasteiger partial charge in [0.25, 0.3) is 0 Å². The zero-order chi connectivity index (χ0) is 15.0. The zero-order valence-corrected chi connectivity index (χ0v) is 13.3. The van der Waals surface area contributed by atoms with Gasteiger partial charge in [-0.15, -0.1) is 0 Å². The summed E-state index contributed by atoms with van der Waals surface area (Å²) in [5.41, 5.74) is 6.34. The number of thiocarbonyl (C=S) groups is 1. The van der Waals surface area contributed by atoms with E-state index in [1.54, 1.807) is 0 Å². The second kappa shape index (κ2) is 5.46. The quantitative estimate of drug-likeness (QED) is 0.865. The van der Waals surface area contributed by atoms with E-state index < -0.39 is 5.41 Å². The van der Waals surface area contributed by atoms with Crippen LogP contribution in [-0.2, 0) is 4.79 Å². The fraction of sp³-hybridized carbons (Fsp3) is 0.467. The fourth-order valence-electron chi connectivity index (χ4n) is 2.81. The van der Waals surface area contributed by atoms with Crippen molar-refractivity contribution in [1.82, 2.24) is 4.90 Å². The number of rotatable bonds is 3. The summed E-state index contributed by atoms with van der Waals surface area (Å²) in [5.74, 6) is 0.116. The summed E-state index contributed by atoms with van der Waals surface area (Å²) in [7, 11) is 0. The van der Waals surface area contributed by atoms with Crippen LogP contribution in [0.15, 0.2) is 24.3 Å². The molecule has 2 fully saturated rings. The van der Waals surface area contributed by atoms with E-state index in [9.17, 15) is 4.79 Å². The van der Waals surface area contributed by atoms with Crippen LogP contribution in [0.5, 0.6) is 0 Å². The lowest BCUT2D eigenvalue weighted by molar-refractivity contribution is -0.134. The van der Waals surface area contributed by atoms with Crippen molar-refractivity contribution in [3.63, 3.8) is 0 Å². The van der Waals surface area contributed by atoms with Crippen LogP contribution in [0, 0.1) is 5.41 Å². The van der Waals surface area contributed by atoms with Crippen molar-refractivity contribution in [2.45, 2.75) is 12.8 Å². The first-order chi connectivity index (χ1) is 10.0. The van der Waals surface area contributed by atoms with Crippen LogP contribution in [0.3, 0.4) is 0 Å². The van der Waals surface area contributed by atoms with Crippen molar-refractivity contribution in [1.29, 1.82) is 0 Å². The Bertz CT molecular complexity index is 563. The monoisotopic (exact) mass is 323 g/mol. The van der Waals surface area contributed by atoms with E-state index in [1.807, 2.05) is 29.2 Å². The molecule has 6 heteroatoms. The number of nitrogens with zero attached hydrogens (tertiary/aromatic N) is 2. The summed E-state index contributed by atoms with van der Waals surface area (Å²) >= 11 is 11.0. The van der Waals surface area contributed by atoms with Gasteiger partial charge in [-0.25, -0.2) is 0 Å². The maximum Gasteiger partial charge on any atom is 0.235 e. The number of nitrogens with two attached hydrogens (primary N) is 1. The van der Waals surface area contributed by atoms with Crippen molar-refractivity contribution in [2.24, 2.45) is 11.1 Å². The highest BCUT2D eigenvalue weighted by atomic mass is 35.5. The average molecular weight is 324 g/mol. The number of halogens is 1. The number of amides is 1. The molecule has 1 amide bonds. The van der Waals surface area contributed by atoms with Gasteiger partial charge >= 0.3 is 0 Å². The molecule has 1 saturated carbocycles. The van der Waals surface area contributed by atoms with Gasteiger partial charge in [-0.1, -0.05) is 23.8 Å². The van der Waals surface area contributed by atoms with Gasteiger partial charge in [0, 0.05) is 36.9 Å². The molecule has 2 N–H and O–H groups in total. The lowest BCUT2D eigenvalue weighted by Crippen LogP contribution is -2.52. The van der Waals surface area contributed by atoms with Crippen molar-refractivity contribution < 1.29 is 4.79 Å². The van der Waals surface area contributed by atoms with E-state index in [4.69, 9.17) is 29.6 Å². The molecule has 1 aromatic carbocycles. The molecular weight excluding hydrogens is 306 g/mol. The summed E-state index contributed by atoms with van der Waals surface area (Å²) in [6.45, 7) is 3.07. The third-order valence-corrected chi connectivity index (χ3v) is 5.03. The standard InChI is InChI=1S/C15H18ClN3OS/c16-11-1-3-12(4-2-11)18-7-9-19(10-8-18)14(20)15(5-6-15)13(17)21/h1-4H,5-10H2,(H2,17,21). The van der Waals surface area contributed by atoms with Gasteiger partial charge in [0.2, 0.25) is 5.91 Å². The highest BCUT2D eigenvalue weighted by molar-refractivity contribution is 7.80. The summed E-state index contributed by atoms with van der Waals surface area (Å²) in [6, 6.07) is 7.80. The molecule has 0 radical (unpaired) electrons. The van der Waals surface area contributed by atoms with Gasteiger partial charge in [0.1, 0.15) is 0 Å². The van der Waals surface area contributed by atoms with Crippen molar-refractivity contribution in [2.75, 3.05) is 31.1 Å². The first-order valence-corrected chi connectivity index (χ1v) is 7.91. The molecule has 1 aliphatic heterocycles. The molecule has 0 spiro atoms. The van der Waals surface area contributed by atoms with Gasteiger partial charge in [-0.2, -0.15) is 0 Å². The van der Waals surface area contributed by atoms with Crippen LogP contribution in [0.2, 0.25) is 5.02 Å². The molecule has 1 aromatic rings. The van der Waals surface area contributed by atoms with E-state index in [0.29, 0.717) is 18.1 Å². The Hall–Kier alpha value is -1.33. The molecule has 21 heavy (non-hydrogen) atoms. The van der Waals surface area contributed by atoms with E-state index >= 15 is 0 Å². The number of anilines is 1. The Balaban J connectivity index is 1.62. The highest BCUT2D eigenvalue weighted by Crippen LogP contribution is 2.47. The van der Waals surface area contributed by atoms with E-state index in [2.05, 4.69) is 4.90 Å². The predicted octanol–water partition coefficient (Wildman–Crippen LogP) is 2.05. The fourth-order valence-corrected chi connectivity index (χ4v) is 3.23. The minimum atomic E-state index is -0.530. The summed E-state index contributed by atoms with van der Waals surface area (Å²) in [6.07, 6.45) is 1.61. The zero-order valence-electron chi connectivity index (χ0n) is 11.7. The molecule has 0 aromatic heterocycles. The van der Waals surface area contributed by atoms with Crippen LogP contribution < -0.4 is 10.6 Å². The molecule has 0 atom stereocenters. The topological polar surface area (TPSA) is 49.6 Å². The minimum Gasteiger partial charge on any atom is -0.392 e. The molecule has 3 rings (SSSR count). The number of hydrogen-bond donors (Lipinski definition) is 1. The Morgan fingerprint density at radius 3 is 2.19 bits per heavy atom. The third-order valence-electron chi connectivity index (χ3n) is 4.39. The molecule has 0 bridgehead atoms. The summed E-state index contributed by atoms with van der Waals surface area (Å²) < 4.78 is 0. The van der Waals surface area contributed by atoms with Crippen LogP contribution in [0.4, 0.5) is 5.69 Å². The summed E-state index contributed by atoms with van der Waals surface area (Å²) in [4.78, 5) is 17.1. The molecule has 1 aliphatic carbocycles. The minimum absolute atomic E-state index is 0.116. The van der Waals surface area contributed by atoms with Gasteiger partial charge in [0.15, 0.2) is 0 Å². The van der Waals surface area contributed by atoms with Crippen LogP contribution >= 0.6 is 23.8 Å². The molecule has 112 valence electrons. The number of carbonyl (C=O) groups is 1. The Labute approximate surface area is 134 Å². The van der Waals surface area contributed by atoms with Crippen molar-refractivity contribution in [3.05, 3.63) is 29.3 Å². The average Bonchev–Trinajstić information content (AvgIpc) is 3.29. The number of benzene rings is 1. The smallest absolute Gasteiger partial charge is 0.235 e. The van der Waals surface area contributed by atoms with Gasteiger partial charge < -0.3 is 15.5 Å². The molecule has 1 heterocycles. The van der Waals surface area contributed by atoms with Crippen molar-refractivity contribution in [3.8, 4) is 0 Å².